The Morgan fingerprint density at radius 3 is 2.54 bits per heavy atom. The second-order valence-electron chi connectivity index (χ2n) is 6.97. The van der Waals surface area contributed by atoms with Gasteiger partial charge in [-0.15, -0.1) is 23.7 Å². The fourth-order valence-electron chi connectivity index (χ4n) is 3.46. The zero-order chi connectivity index (χ0) is 19.1. The number of anilines is 1. The first kappa shape index (κ1) is 22.2. The molecule has 3 rings (SSSR count). The van der Waals surface area contributed by atoms with Crippen molar-refractivity contribution in [1.82, 2.24) is 10.2 Å². The summed E-state index contributed by atoms with van der Waals surface area (Å²) in [5.41, 5.74) is 7.70. The van der Waals surface area contributed by atoms with Crippen molar-refractivity contribution in [2.75, 3.05) is 25.4 Å². The van der Waals surface area contributed by atoms with E-state index in [0.717, 1.165) is 30.5 Å². The van der Waals surface area contributed by atoms with Gasteiger partial charge in [-0.05, 0) is 48.8 Å². The molecule has 152 valence electrons. The van der Waals surface area contributed by atoms with Crippen molar-refractivity contribution in [2.45, 2.75) is 32.1 Å². The van der Waals surface area contributed by atoms with Gasteiger partial charge in [-0.1, -0.05) is 24.3 Å². The monoisotopic (exact) mass is 421 g/mol. The SMILES string of the molecule is Cl.Nc1ccccc1CCC(=O)N1CCC(C(=O)NCCc2cccs2)CC1. The van der Waals surface area contributed by atoms with E-state index in [9.17, 15) is 9.59 Å². The van der Waals surface area contributed by atoms with Gasteiger partial charge in [0.25, 0.3) is 0 Å². The van der Waals surface area contributed by atoms with Crippen molar-refractivity contribution < 1.29 is 9.59 Å². The van der Waals surface area contributed by atoms with Crippen molar-refractivity contribution in [1.29, 1.82) is 0 Å². The van der Waals surface area contributed by atoms with Gasteiger partial charge in [-0.2, -0.15) is 0 Å². The number of benzene rings is 1. The van der Waals surface area contributed by atoms with E-state index in [2.05, 4.69) is 16.8 Å². The Bertz CT molecular complexity index is 759. The summed E-state index contributed by atoms with van der Waals surface area (Å²) < 4.78 is 0. The van der Waals surface area contributed by atoms with Crippen LogP contribution in [0.15, 0.2) is 41.8 Å². The smallest absolute Gasteiger partial charge is 0.223 e. The number of nitrogens with two attached hydrogens (primary N) is 1. The Balaban J connectivity index is 0.00000280. The van der Waals surface area contributed by atoms with Gasteiger partial charge in [-0.25, -0.2) is 0 Å². The molecule has 0 unspecified atom stereocenters. The van der Waals surface area contributed by atoms with Gasteiger partial charge < -0.3 is 16.0 Å². The van der Waals surface area contributed by atoms with E-state index in [0.29, 0.717) is 32.5 Å². The minimum atomic E-state index is 0. The number of nitrogens with zero attached hydrogens (tertiary/aromatic N) is 1. The van der Waals surface area contributed by atoms with Gasteiger partial charge >= 0.3 is 0 Å². The predicted octanol–water partition coefficient (Wildman–Crippen LogP) is 3.28. The van der Waals surface area contributed by atoms with Gasteiger partial charge in [0.15, 0.2) is 0 Å². The third-order valence-corrected chi connectivity index (χ3v) is 6.07. The lowest BCUT2D eigenvalue weighted by atomic mass is 9.95. The van der Waals surface area contributed by atoms with E-state index in [1.165, 1.54) is 4.88 Å². The van der Waals surface area contributed by atoms with E-state index in [4.69, 9.17) is 5.73 Å². The van der Waals surface area contributed by atoms with Crippen LogP contribution in [0.2, 0.25) is 0 Å². The van der Waals surface area contributed by atoms with Gasteiger partial charge in [0, 0.05) is 42.5 Å². The molecule has 1 aromatic heterocycles. The maximum atomic E-state index is 12.4. The van der Waals surface area contributed by atoms with E-state index >= 15 is 0 Å². The molecule has 0 bridgehead atoms. The molecule has 2 aromatic rings. The van der Waals surface area contributed by atoms with Crippen LogP contribution in [0.3, 0.4) is 0 Å². The number of halogens is 1. The van der Waals surface area contributed by atoms with E-state index in [-0.39, 0.29) is 30.1 Å². The molecule has 5 nitrogen and oxygen atoms in total. The topological polar surface area (TPSA) is 75.4 Å². The Morgan fingerprint density at radius 1 is 1.11 bits per heavy atom. The van der Waals surface area contributed by atoms with Crippen molar-refractivity contribution in [3.63, 3.8) is 0 Å². The summed E-state index contributed by atoms with van der Waals surface area (Å²) in [6.07, 6.45) is 3.48. The first-order valence-corrected chi connectivity index (χ1v) is 10.4. The molecular weight excluding hydrogens is 394 g/mol. The maximum Gasteiger partial charge on any atom is 0.223 e. The number of carbonyl (C=O) groups excluding carboxylic acids is 2. The molecule has 0 aliphatic carbocycles. The lowest BCUT2D eigenvalue weighted by Crippen LogP contribution is -2.43. The van der Waals surface area contributed by atoms with E-state index in [1.54, 1.807) is 11.3 Å². The summed E-state index contributed by atoms with van der Waals surface area (Å²) in [5.74, 6) is 0.285. The summed E-state index contributed by atoms with van der Waals surface area (Å²) in [5, 5.41) is 5.09. The number of nitrogens with one attached hydrogen (secondary N) is 1. The van der Waals surface area contributed by atoms with Gasteiger partial charge in [-0.3, -0.25) is 9.59 Å². The molecule has 0 saturated carbocycles. The highest BCUT2D eigenvalue weighted by Crippen LogP contribution is 2.19. The number of likely N-dealkylation sites (tertiary alicyclic amines) is 1. The number of rotatable bonds is 7. The molecule has 7 heteroatoms. The van der Waals surface area contributed by atoms with Crippen molar-refractivity contribution >= 4 is 41.2 Å². The average molecular weight is 422 g/mol. The van der Waals surface area contributed by atoms with Crippen LogP contribution in [0.4, 0.5) is 5.69 Å². The molecule has 1 fully saturated rings. The number of aryl methyl sites for hydroxylation is 1. The van der Waals surface area contributed by atoms with Crippen LogP contribution in [0.1, 0.15) is 29.7 Å². The first-order chi connectivity index (χ1) is 13.1. The number of amides is 2. The Morgan fingerprint density at radius 2 is 1.86 bits per heavy atom. The number of piperidine rings is 1. The third kappa shape index (κ3) is 6.24. The summed E-state index contributed by atoms with van der Waals surface area (Å²) in [7, 11) is 0. The number of carbonyl (C=O) groups is 2. The zero-order valence-electron chi connectivity index (χ0n) is 15.9. The number of thiophene rings is 1. The second kappa shape index (κ2) is 11.1. The lowest BCUT2D eigenvalue weighted by Gasteiger charge is -2.31. The lowest BCUT2D eigenvalue weighted by molar-refractivity contribution is -0.135. The molecule has 1 aliphatic rings. The molecule has 1 aromatic carbocycles. The van der Waals surface area contributed by atoms with Gasteiger partial charge in [0.1, 0.15) is 0 Å². The Labute approximate surface area is 176 Å². The van der Waals surface area contributed by atoms with Crippen LogP contribution < -0.4 is 11.1 Å². The number of nitrogen functional groups attached to an aromatic ring is 1. The van der Waals surface area contributed by atoms with Crippen LogP contribution in [0.25, 0.3) is 0 Å². The summed E-state index contributed by atoms with van der Waals surface area (Å²) >= 11 is 1.71. The fourth-order valence-corrected chi connectivity index (χ4v) is 4.17. The highest BCUT2D eigenvalue weighted by Gasteiger charge is 2.26. The highest BCUT2D eigenvalue weighted by molar-refractivity contribution is 7.09. The first-order valence-electron chi connectivity index (χ1n) is 9.54. The normalized spacial score (nSPS) is 14.4. The molecule has 0 atom stereocenters. The standard InChI is InChI=1S/C21H27N3O2S.ClH/c22-19-6-2-1-4-16(19)7-8-20(25)24-13-10-17(11-14-24)21(26)23-12-9-18-5-3-15-27-18;/h1-6,15,17H,7-14,22H2,(H,23,26);1H. The minimum Gasteiger partial charge on any atom is -0.399 e. The van der Waals surface area contributed by atoms with Gasteiger partial charge in [0.05, 0.1) is 0 Å². The molecule has 2 heterocycles. The number of para-hydroxylation sites is 1. The molecular formula is C21H28ClN3O2S. The molecule has 0 radical (unpaired) electrons. The second-order valence-corrected chi connectivity index (χ2v) is 8.01. The summed E-state index contributed by atoms with van der Waals surface area (Å²) in [6, 6.07) is 11.8. The summed E-state index contributed by atoms with van der Waals surface area (Å²) in [6.45, 7) is 2.00. The predicted molar refractivity (Wildman–Crippen MR) is 117 cm³/mol. The maximum absolute atomic E-state index is 12.4. The van der Waals surface area contributed by atoms with Gasteiger partial charge in [0.2, 0.25) is 11.8 Å². The highest BCUT2D eigenvalue weighted by atomic mass is 35.5. The van der Waals surface area contributed by atoms with Crippen molar-refractivity contribution in [3.05, 3.63) is 52.2 Å². The number of hydrogen-bond acceptors (Lipinski definition) is 4. The average Bonchev–Trinajstić information content (AvgIpc) is 3.20. The van der Waals surface area contributed by atoms with Crippen molar-refractivity contribution in [2.24, 2.45) is 5.92 Å². The van der Waals surface area contributed by atoms with Crippen molar-refractivity contribution in [3.8, 4) is 0 Å². The molecule has 1 aliphatic heterocycles. The van der Waals surface area contributed by atoms with Crippen LogP contribution in [0.5, 0.6) is 0 Å². The van der Waals surface area contributed by atoms with Crippen LogP contribution in [0, 0.1) is 5.92 Å². The van der Waals surface area contributed by atoms with Crippen LogP contribution in [-0.2, 0) is 22.4 Å². The quantitative estimate of drug-likeness (QED) is 0.673. The molecule has 2 amide bonds. The number of hydrogen-bond donors (Lipinski definition) is 2. The minimum absolute atomic E-state index is 0. The molecule has 0 spiro atoms. The Kier molecular flexibility index (Phi) is 8.80. The molecule has 3 N–H and O–H groups in total. The zero-order valence-corrected chi connectivity index (χ0v) is 17.6. The van der Waals surface area contributed by atoms with E-state index in [1.807, 2.05) is 35.2 Å². The Hall–Kier alpha value is -2.05. The fraction of sp³-hybridized carbons (Fsp3) is 0.429. The van der Waals surface area contributed by atoms with Crippen LogP contribution in [-0.4, -0.2) is 36.3 Å². The molecule has 28 heavy (non-hydrogen) atoms. The molecule has 1 saturated heterocycles. The summed E-state index contributed by atoms with van der Waals surface area (Å²) in [4.78, 5) is 27.9. The third-order valence-electron chi connectivity index (χ3n) is 5.13. The van der Waals surface area contributed by atoms with Crippen LogP contribution >= 0.6 is 23.7 Å². The largest absolute Gasteiger partial charge is 0.399 e. The van der Waals surface area contributed by atoms with E-state index < -0.39 is 0 Å².